The summed E-state index contributed by atoms with van der Waals surface area (Å²) in [5.74, 6) is -0.644. The summed E-state index contributed by atoms with van der Waals surface area (Å²) < 4.78 is 16.0. The van der Waals surface area contributed by atoms with E-state index in [0.29, 0.717) is 23.8 Å². The van der Waals surface area contributed by atoms with E-state index in [2.05, 4.69) is 25.7 Å². The van der Waals surface area contributed by atoms with Crippen molar-refractivity contribution in [2.45, 2.75) is 13.8 Å². The third-order valence-corrected chi connectivity index (χ3v) is 3.76. The first kappa shape index (κ1) is 17.5. The molecule has 0 spiro atoms. The van der Waals surface area contributed by atoms with Crippen LogP contribution in [-0.2, 0) is 7.05 Å². The third-order valence-electron chi connectivity index (χ3n) is 3.76. The van der Waals surface area contributed by atoms with Gasteiger partial charge in [-0.1, -0.05) is 6.07 Å². The van der Waals surface area contributed by atoms with Crippen molar-refractivity contribution in [3.63, 3.8) is 0 Å². The fraction of sp³-hybridized carbons (Fsp3) is 0.222. The minimum Gasteiger partial charge on any atom is -0.352 e. The van der Waals surface area contributed by atoms with Gasteiger partial charge in [-0.15, -0.1) is 0 Å². The summed E-state index contributed by atoms with van der Waals surface area (Å²) in [5, 5.41) is 9.72. The van der Waals surface area contributed by atoms with E-state index in [1.165, 1.54) is 12.1 Å². The minimum absolute atomic E-state index is 0.0102. The molecule has 26 heavy (non-hydrogen) atoms. The highest BCUT2D eigenvalue weighted by Gasteiger charge is 2.14. The number of benzene rings is 1. The average Bonchev–Trinajstić information content (AvgIpc) is 3.01. The Morgan fingerprint density at radius 3 is 2.77 bits per heavy atom. The summed E-state index contributed by atoms with van der Waals surface area (Å²) >= 11 is 0. The third kappa shape index (κ3) is 3.69. The summed E-state index contributed by atoms with van der Waals surface area (Å²) in [6.07, 6.45) is 5.12. The molecule has 3 rings (SSSR count). The zero-order valence-electron chi connectivity index (χ0n) is 14.7. The van der Waals surface area contributed by atoms with Crippen molar-refractivity contribution in [3.8, 4) is 11.3 Å². The number of nitrogens with zero attached hydrogens (tertiary/aromatic N) is 4. The van der Waals surface area contributed by atoms with Crippen LogP contribution in [0, 0.1) is 12.7 Å². The maximum Gasteiger partial charge on any atom is 0.254 e. The first-order chi connectivity index (χ1) is 12.5. The summed E-state index contributed by atoms with van der Waals surface area (Å²) in [4.78, 5) is 20.6. The van der Waals surface area contributed by atoms with Crippen LogP contribution in [0.1, 0.15) is 22.8 Å². The number of anilines is 2. The quantitative estimate of drug-likeness (QED) is 0.736. The molecule has 0 aliphatic rings. The van der Waals surface area contributed by atoms with E-state index < -0.39 is 11.7 Å². The van der Waals surface area contributed by atoms with Gasteiger partial charge in [-0.2, -0.15) is 5.10 Å². The molecule has 0 saturated heterocycles. The van der Waals surface area contributed by atoms with E-state index in [1.54, 1.807) is 36.3 Å². The zero-order chi connectivity index (χ0) is 18.7. The van der Waals surface area contributed by atoms with Crippen LogP contribution in [0.25, 0.3) is 11.3 Å². The Morgan fingerprint density at radius 2 is 2.12 bits per heavy atom. The molecule has 0 bridgehead atoms. The molecule has 8 heteroatoms. The SMILES string of the molecule is CCNC(=O)c1ccc(-c2nc(Nc3cnn(C)c3)ncc2C)cc1F. The molecule has 0 aliphatic carbocycles. The zero-order valence-corrected chi connectivity index (χ0v) is 14.7. The molecule has 0 unspecified atom stereocenters. The van der Waals surface area contributed by atoms with E-state index in [-0.39, 0.29) is 5.56 Å². The molecule has 2 heterocycles. The van der Waals surface area contributed by atoms with Gasteiger partial charge in [-0.05, 0) is 31.5 Å². The number of halogens is 1. The maximum atomic E-state index is 14.4. The topological polar surface area (TPSA) is 84.7 Å². The molecule has 0 saturated carbocycles. The van der Waals surface area contributed by atoms with E-state index in [9.17, 15) is 9.18 Å². The first-order valence-corrected chi connectivity index (χ1v) is 8.15. The van der Waals surface area contributed by atoms with Gasteiger partial charge in [0, 0.05) is 31.5 Å². The highest BCUT2D eigenvalue weighted by molar-refractivity contribution is 5.95. The van der Waals surface area contributed by atoms with Gasteiger partial charge in [0.25, 0.3) is 5.91 Å². The summed E-state index contributed by atoms with van der Waals surface area (Å²) in [6.45, 7) is 4.07. The lowest BCUT2D eigenvalue weighted by molar-refractivity contribution is 0.0952. The van der Waals surface area contributed by atoms with Crippen LogP contribution in [0.5, 0.6) is 0 Å². The van der Waals surface area contributed by atoms with E-state index in [4.69, 9.17) is 0 Å². The number of hydrogen-bond donors (Lipinski definition) is 2. The van der Waals surface area contributed by atoms with Crippen molar-refractivity contribution >= 4 is 17.5 Å². The maximum absolute atomic E-state index is 14.4. The molecule has 0 aliphatic heterocycles. The largest absolute Gasteiger partial charge is 0.352 e. The summed E-state index contributed by atoms with van der Waals surface area (Å²) in [6, 6.07) is 4.45. The summed E-state index contributed by atoms with van der Waals surface area (Å²) in [5.41, 5.74) is 2.72. The molecule has 3 aromatic rings. The number of hydrogen-bond acceptors (Lipinski definition) is 5. The second kappa shape index (κ2) is 7.30. The van der Waals surface area contributed by atoms with Crippen LogP contribution in [0.2, 0.25) is 0 Å². The minimum atomic E-state index is -0.590. The molecule has 1 aromatic carbocycles. The monoisotopic (exact) mass is 354 g/mol. The second-order valence-corrected chi connectivity index (χ2v) is 5.81. The number of amides is 1. The Kier molecular flexibility index (Phi) is 4.92. The van der Waals surface area contributed by atoms with Gasteiger partial charge in [-0.3, -0.25) is 9.48 Å². The van der Waals surface area contributed by atoms with Crippen LogP contribution in [0.15, 0.2) is 36.8 Å². The van der Waals surface area contributed by atoms with Gasteiger partial charge in [-0.25, -0.2) is 14.4 Å². The predicted molar refractivity (Wildman–Crippen MR) is 96.7 cm³/mol. The first-order valence-electron chi connectivity index (χ1n) is 8.15. The summed E-state index contributed by atoms with van der Waals surface area (Å²) in [7, 11) is 1.81. The van der Waals surface area contributed by atoms with Crippen LogP contribution in [-0.4, -0.2) is 32.2 Å². The Bertz CT molecular complexity index is 953. The second-order valence-electron chi connectivity index (χ2n) is 5.81. The molecular formula is C18H19FN6O. The fourth-order valence-electron chi connectivity index (χ4n) is 2.51. The van der Waals surface area contributed by atoms with Crippen LogP contribution in [0.4, 0.5) is 16.0 Å². The van der Waals surface area contributed by atoms with Gasteiger partial charge >= 0.3 is 0 Å². The highest BCUT2D eigenvalue weighted by Crippen LogP contribution is 2.25. The average molecular weight is 354 g/mol. The molecule has 0 radical (unpaired) electrons. The van der Waals surface area contributed by atoms with Crippen molar-refractivity contribution in [1.82, 2.24) is 25.1 Å². The van der Waals surface area contributed by atoms with Crippen LogP contribution >= 0.6 is 0 Å². The molecule has 2 N–H and O–H groups in total. The normalized spacial score (nSPS) is 10.6. The van der Waals surface area contributed by atoms with Gasteiger partial charge in [0.15, 0.2) is 0 Å². The van der Waals surface area contributed by atoms with Crippen molar-refractivity contribution < 1.29 is 9.18 Å². The number of nitrogens with one attached hydrogen (secondary N) is 2. The lowest BCUT2D eigenvalue weighted by Gasteiger charge is -2.10. The molecular weight excluding hydrogens is 335 g/mol. The van der Waals surface area contributed by atoms with Crippen molar-refractivity contribution in [1.29, 1.82) is 0 Å². The van der Waals surface area contributed by atoms with Gasteiger partial charge in [0.05, 0.1) is 23.1 Å². The van der Waals surface area contributed by atoms with Crippen molar-refractivity contribution in [2.24, 2.45) is 7.05 Å². The molecule has 0 fully saturated rings. The Morgan fingerprint density at radius 1 is 1.31 bits per heavy atom. The predicted octanol–water partition coefficient (Wildman–Crippen LogP) is 2.82. The van der Waals surface area contributed by atoms with E-state index >= 15 is 0 Å². The number of aryl methyl sites for hydroxylation is 2. The van der Waals surface area contributed by atoms with Crippen molar-refractivity contribution in [2.75, 3.05) is 11.9 Å². The van der Waals surface area contributed by atoms with Crippen LogP contribution in [0.3, 0.4) is 0 Å². The van der Waals surface area contributed by atoms with Gasteiger partial charge in [0.2, 0.25) is 5.95 Å². The fourth-order valence-corrected chi connectivity index (χ4v) is 2.51. The molecule has 134 valence electrons. The van der Waals surface area contributed by atoms with Gasteiger partial charge < -0.3 is 10.6 Å². The van der Waals surface area contributed by atoms with E-state index in [0.717, 1.165) is 11.3 Å². The smallest absolute Gasteiger partial charge is 0.254 e. The van der Waals surface area contributed by atoms with E-state index in [1.807, 2.05) is 14.0 Å². The molecule has 7 nitrogen and oxygen atoms in total. The van der Waals surface area contributed by atoms with Gasteiger partial charge in [0.1, 0.15) is 5.82 Å². The van der Waals surface area contributed by atoms with Crippen molar-refractivity contribution in [3.05, 3.63) is 53.7 Å². The highest BCUT2D eigenvalue weighted by atomic mass is 19.1. The standard InChI is InChI=1S/C18H19FN6O/c1-4-20-17(26)14-6-5-12(7-15(14)19)16-11(2)8-21-18(24-16)23-13-9-22-25(3)10-13/h5-10H,4H2,1-3H3,(H,20,26)(H,21,23,24). The molecule has 0 atom stereocenters. The number of aromatic nitrogens is 4. The number of carbonyl (C=O) groups is 1. The molecule has 2 aromatic heterocycles. The number of carbonyl (C=O) groups excluding carboxylic acids is 1. The number of rotatable bonds is 5. The Hall–Kier alpha value is -3.29. The van der Waals surface area contributed by atoms with Crippen LogP contribution < -0.4 is 10.6 Å². The lowest BCUT2D eigenvalue weighted by Crippen LogP contribution is -2.23. The Labute approximate surface area is 150 Å². The lowest BCUT2D eigenvalue weighted by atomic mass is 10.0. The Balaban J connectivity index is 1.92. The molecule has 1 amide bonds.